The van der Waals surface area contributed by atoms with Crippen molar-refractivity contribution in [2.75, 3.05) is 7.11 Å². The Bertz CT molecular complexity index is 567. The molecule has 0 saturated heterocycles. The van der Waals surface area contributed by atoms with Crippen molar-refractivity contribution in [2.45, 2.75) is 20.0 Å². The molecule has 0 fully saturated rings. The molecule has 0 spiro atoms. The Morgan fingerprint density at radius 3 is 2.61 bits per heavy atom. The Morgan fingerprint density at radius 2 is 2.06 bits per heavy atom. The average Bonchev–Trinajstić information content (AvgIpc) is 2.66. The normalized spacial score (nSPS) is 12.7. The third-order valence-electron chi connectivity index (χ3n) is 2.69. The Balaban J connectivity index is 2.51. The molecule has 18 heavy (non-hydrogen) atoms. The summed E-state index contributed by atoms with van der Waals surface area (Å²) in [5.74, 6) is 0.568. The second-order valence-electron chi connectivity index (χ2n) is 4.11. The smallest absolute Gasteiger partial charge is 0.159 e. The van der Waals surface area contributed by atoms with Gasteiger partial charge in [0, 0.05) is 20.2 Å². The summed E-state index contributed by atoms with van der Waals surface area (Å²) in [6.45, 7) is 3.81. The van der Waals surface area contributed by atoms with Crippen LogP contribution in [0.5, 0.6) is 0 Å². The van der Waals surface area contributed by atoms with Gasteiger partial charge in [-0.1, -0.05) is 11.6 Å². The zero-order chi connectivity index (χ0) is 13.3. The minimum absolute atomic E-state index is 0.197. The van der Waals surface area contributed by atoms with Crippen LogP contribution in [0.3, 0.4) is 0 Å². The summed E-state index contributed by atoms with van der Waals surface area (Å²) in [6.07, 6.45) is -0.197. The fourth-order valence-electron chi connectivity index (χ4n) is 1.70. The molecular weight excluding hydrogens is 252 g/mol. The van der Waals surface area contributed by atoms with Gasteiger partial charge in [0.1, 0.15) is 11.3 Å². The van der Waals surface area contributed by atoms with Gasteiger partial charge < -0.3 is 4.74 Å². The van der Waals surface area contributed by atoms with Crippen LogP contribution in [-0.4, -0.2) is 26.9 Å². The van der Waals surface area contributed by atoms with Crippen LogP contribution in [0.4, 0.5) is 0 Å². The zero-order valence-electron chi connectivity index (χ0n) is 10.8. The Labute approximate surface area is 111 Å². The average molecular weight is 267 g/mol. The summed E-state index contributed by atoms with van der Waals surface area (Å²) < 4.78 is 6.98. The fourth-order valence-corrected chi connectivity index (χ4v) is 1.89. The summed E-state index contributed by atoms with van der Waals surface area (Å²) in [4.78, 5) is 8.63. The van der Waals surface area contributed by atoms with Crippen molar-refractivity contribution in [1.82, 2.24) is 19.7 Å². The van der Waals surface area contributed by atoms with Gasteiger partial charge in [-0.15, -0.1) is 0 Å². The molecule has 6 heteroatoms. The molecule has 2 aromatic rings. The van der Waals surface area contributed by atoms with E-state index in [4.69, 9.17) is 16.3 Å². The van der Waals surface area contributed by atoms with Gasteiger partial charge in [0.15, 0.2) is 5.82 Å². The first kappa shape index (κ1) is 13.0. The van der Waals surface area contributed by atoms with Gasteiger partial charge in [-0.2, -0.15) is 5.10 Å². The van der Waals surface area contributed by atoms with E-state index in [1.54, 1.807) is 17.9 Å². The number of hydrogen-bond donors (Lipinski definition) is 0. The Hall–Kier alpha value is -1.46. The van der Waals surface area contributed by atoms with E-state index in [2.05, 4.69) is 15.1 Å². The monoisotopic (exact) mass is 266 g/mol. The van der Waals surface area contributed by atoms with Gasteiger partial charge >= 0.3 is 0 Å². The highest BCUT2D eigenvalue weighted by Crippen LogP contribution is 2.23. The number of halogens is 1. The minimum atomic E-state index is -0.197. The van der Waals surface area contributed by atoms with Crippen LogP contribution in [0.15, 0.2) is 12.1 Å². The topological polar surface area (TPSA) is 52.8 Å². The van der Waals surface area contributed by atoms with Gasteiger partial charge in [-0.05, 0) is 19.9 Å². The van der Waals surface area contributed by atoms with Gasteiger partial charge in [-0.25, -0.2) is 9.97 Å². The molecule has 0 unspecified atom stereocenters. The van der Waals surface area contributed by atoms with Crippen molar-refractivity contribution in [1.29, 1.82) is 0 Å². The first-order valence-electron chi connectivity index (χ1n) is 5.59. The Morgan fingerprint density at radius 1 is 1.33 bits per heavy atom. The van der Waals surface area contributed by atoms with Crippen LogP contribution in [0, 0.1) is 6.92 Å². The highest BCUT2D eigenvalue weighted by Gasteiger charge is 2.13. The number of aryl methyl sites for hydroxylation is 2. The molecule has 0 bridgehead atoms. The Kier molecular flexibility index (Phi) is 3.63. The number of hydrogen-bond acceptors (Lipinski definition) is 4. The predicted molar refractivity (Wildman–Crippen MR) is 69.4 cm³/mol. The molecule has 0 radical (unpaired) electrons. The summed E-state index contributed by atoms with van der Waals surface area (Å²) in [6, 6.07) is 3.68. The second-order valence-corrected chi connectivity index (χ2v) is 4.49. The van der Waals surface area contributed by atoms with E-state index in [1.807, 2.05) is 27.0 Å². The number of ether oxygens (including phenoxy) is 1. The molecule has 5 nitrogen and oxygen atoms in total. The molecular formula is C12H15ClN4O. The lowest BCUT2D eigenvalue weighted by Gasteiger charge is -2.10. The number of nitrogens with zero attached hydrogens (tertiary/aromatic N) is 4. The van der Waals surface area contributed by atoms with E-state index < -0.39 is 0 Å². The third-order valence-corrected chi connectivity index (χ3v) is 2.89. The van der Waals surface area contributed by atoms with Gasteiger partial charge in [0.2, 0.25) is 0 Å². The van der Waals surface area contributed by atoms with E-state index in [1.165, 1.54) is 0 Å². The van der Waals surface area contributed by atoms with E-state index in [0.717, 1.165) is 17.1 Å². The fraction of sp³-hybridized carbons (Fsp3) is 0.417. The van der Waals surface area contributed by atoms with Crippen LogP contribution in [0.25, 0.3) is 11.4 Å². The minimum Gasteiger partial charge on any atom is -0.374 e. The van der Waals surface area contributed by atoms with Gasteiger partial charge in [-0.3, -0.25) is 4.68 Å². The standard InChI is InChI=1S/C12H15ClN4O/c1-7-5-10(17(3)16-7)9-6-11(13)15-12(14-9)8(2)18-4/h5-6,8H,1-4H3/t8-/m0/s1. The maximum Gasteiger partial charge on any atom is 0.159 e. The van der Waals surface area contributed by atoms with E-state index in [0.29, 0.717) is 11.0 Å². The highest BCUT2D eigenvalue weighted by molar-refractivity contribution is 6.29. The lowest BCUT2D eigenvalue weighted by atomic mass is 10.2. The van der Waals surface area contributed by atoms with Crippen LogP contribution in [-0.2, 0) is 11.8 Å². The maximum atomic E-state index is 6.02. The molecule has 2 rings (SSSR count). The second kappa shape index (κ2) is 5.04. The van der Waals surface area contributed by atoms with Crippen molar-refractivity contribution in [3.8, 4) is 11.4 Å². The molecule has 0 aliphatic carbocycles. The zero-order valence-corrected chi connectivity index (χ0v) is 11.6. The van der Waals surface area contributed by atoms with Crippen molar-refractivity contribution in [2.24, 2.45) is 7.05 Å². The molecule has 0 aliphatic heterocycles. The summed E-state index contributed by atoms with van der Waals surface area (Å²) in [7, 11) is 3.49. The third kappa shape index (κ3) is 2.52. The lowest BCUT2D eigenvalue weighted by Crippen LogP contribution is -2.05. The molecule has 0 amide bonds. The summed E-state index contributed by atoms with van der Waals surface area (Å²) in [5, 5.41) is 4.69. The summed E-state index contributed by atoms with van der Waals surface area (Å²) >= 11 is 6.02. The lowest BCUT2D eigenvalue weighted by molar-refractivity contribution is 0.112. The number of aromatic nitrogens is 4. The quantitative estimate of drug-likeness (QED) is 0.801. The first-order valence-corrected chi connectivity index (χ1v) is 5.97. The number of rotatable bonds is 3. The SMILES string of the molecule is CO[C@@H](C)c1nc(Cl)cc(-c2cc(C)nn2C)n1. The summed E-state index contributed by atoms with van der Waals surface area (Å²) in [5.41, 5.74) is 2.59. The van der Waals surface area contributed by atoms with E-state index >= 15 is 0 Å². The molecule has 0 aromatic carbocycles. The largest absolute Gasteiger partial charge is 0.374 e. The van der Waals surface area contributed by atoms with Crippen LogP contribution < -0.4 is 0 Å². The predicted octanol–water partition coefficient (Wildman–Crippen LogP) is 2.55. The van der Waals surface area contributed by atoms with Crippen LogP contribution >= 0.6 is 11.6 Å². The highest BCUT2D eigenvalue weighted by atomic mass is 35.5. The molecule has 1 atom stereocenters. The molecule has 2 aromatic heterocycles. The number of methoxy groups -OCH3 is 1. The van der Waals surface area contributed by atoms with Gasteiger partial charge in [0.25, 0.3) is 0 Å². The molecule has 0 aliphatic rings. The van der Waals surface area contributed by atoms with Crippen LogP contribution in [0.2, 0.25) is 5.15 Å². The van der Waals surface area contributed by atoms with Gasteiger partial charge in [0.05, 0.1) is 17.1 Å². The van der Waals surface area contributed by atoms with Crippen molar-refractivity contribution in [3.63, 3.8) is 0 Å². The first-order chi connectivity index (χ1) is 8.51. The van der Waals surface area contributed by atoms with Crippen molar-refractivity contribution < 1.29 is 4.74 Å². The molecule has 0 saturated carbocycles. The molecule has 0 N–H and O–H groups in total. The van der Waals surface area contributed by atoms with Crippen molar-refractivity contribution in [3.05, 3.63) is 28.8 Å². The molecule has 96 valence electrons. The van der Waals surface area contributed by atoms with E-state index in [-0.39, 0.29) is 6.10 Å². The van der Waals surface area contributed by atoms with E-state index in [9.17, 15) is 0 Å². The van der Waals surface area contributed by atoms with Crippen LogP contribution in [0.1, 0.15) is 24.5 Å². The van der Waals surface area contributed by atoms with Crippen molar-refractivity contribution >= 4 is 11.6 Å². The maximum absolute atomic E-state index is 6.02. The molecule has 2 heterocycles.